The molecule has 5 rings (SSSR count). The minimum absolute atomic E-state index is 0.0174. The van der Waals surface area contributed by atoms with Crippen molar-refractivity contribution in [3.63, 3.8) is 0 Å². The molecule has 0 saturated carbocycles. The van der Waals surface area contributed by atoms with Crippen LogP contribution >= 0.6 is 0 Å². The van der Waals surface area contributed by atoms with Gasteiger partial charge < -0.3 is 25.5 Å². The SMILES string of the molecule is NCCCC(=O)NS(=O)(=O)c1ccc(N2CCN(n3c(O)c(-c4ccc(Oc5ccccc5)cc4)c(=O)[nH]c3=O)CC2)cc1. The quantitative estimate of drug-likeness (QED) is 0.204. The Bertz CT molecular complexity index is 1830. The Kier molecular flexibility index (Phi) is 9.01. The van der Waals surface area contributed by atoms with Crippen LogP contribution in [0.15, 0.2) is 93.3 Å². The number of aromatic nitrogens is 2. The summed E-state index contributed by atoms with van der Waals surface area (Å²) < 4.78 is 34.0. The van der Waals surface area contributed by atoms with E-state index >= 15 is 0 Å². The molecule has 5 N–H and O–H groups in total. The molecule has 14 heteroatoms. The third-order valence-corrected chi connectivity index (χ3v) is 8.48. The van der Waals surface area contributed by atoms with E-state index in [1.165, 1.54) is 12.1 Å². The van der Waals surface area contributed by atoms with E-state index in [0.717, 1.165) is 10.4 Å². The number of piperazine rings is 1. The molecule has 4 aromatic rings. The van der Waals surface area contributed by atoms with Crippen molar-refractivity contribution in [1.29, 1.82) is 0 Å². The number of H-pyrrole nitrogens is 1. The Labute approximate surface area is 253 Å². The Balaban J connectivity index is 1.28. The molecule has 0 aliphatic carbocycles. The third kappa shape index (κ3) is 6.76. The van der Waals surface area contributed by atoms with Crippen molar-refractivity contribution in [2.24, 2.45) is 5.73 Å². The summed E-state index contributed by atoms with van der Waals surface area (Å²) >= 11 is 0. The largest absolute Gasteiger partial charge is 0.493 e. The number of hydrogen-bond donors (Lipinski definition) is 4. The molecule has 1 aliphatic heterocycles. The average molecular weight is 621 g/mol. The maximum atomic E-state index is 12.8. The second-order valence-electron chi connectivity index (χ2n) is 10.1. The molecule has 0 spiro atoms. The van der Waals surface area contributed by atoms with Crippen molar-refractivity contribution in [2.75, 3.05) is 42.6 Å². The predicted molar refractivity (Wildman–Crippen MR) is 165 cm³/mol. The first-order valence-electron chi connectivity index (χ1n) is 13.9. The summed E-state index contributed by atoms with van der Waals surface area (Å²) in [5.41, 5.74) is 4.99. The van der Waals surface area contributed by atoms with Crippen molar-refractivity contribution in [1.82, 2.24) is 14.4 Å². The Morgan fingerprint density at radius 3 is 2.18 bits per heavy atom. The second kappa shape index (κ2) is 13.1. The van der Waals surface area contributed by atoms with Gasteiger partial charge in [-0.1, -0.05) is 30.3 Å². The van der Waals surface area contributed by atoms with Gasteiger partial charge in [-0.3, -0.25) is 14.6 Å². The van der Waals surface area contributed by atoms with Gasteiger partial charge in [-0.05, 0) is 67.1 Å². The van der Waals surface area contributed by atoms with Gasteiger partial charge in [0.2, 0.25) is 11.8 Å². The lowest BCUT2D eigenvalue weighted by Crippen LogP contribution is -2.55. The van der Waals surface area contributed by atoms with Crippen LogP contribution < -0.4 is 36.4 Å². The molecule has 1 aliphatic rings. The number of aromatic hydroxyl groups is 1. The van der Waals surface area contributed by atoms with E-state index in [2.05, 4.69) is 4.98 Å². The van der Waals surface area contributed by atoms with E-state index in [-0.39, 0.29) is 23.4 Å². The number of carbonyl (C=O) groups is 1. The molecule has 1 aromatic heterocycles. The zero-order chi connectivity index (χ0) is 31.3. The molecule has 1 amide bonds. The van der Waals surface area contributed by atoms with Gasteiger partial charge in [0.25, 0.3) is 15.6 Å². The van der Waals surface area contributed by atoms with Crippen LogP contribution in [0.3, 0.4) is 0 Å². The molecule has 0 unspecified atom stereocenters. The zero-order valence-electron chi connectivity index (χ0n) is 23.7. The molecule has 13 nitrogen and oxygen atoms in total. The minimum Gasteiger partial charge on any atom is -0.493 e. The van der Waals surface area contributed by atoms with Crippen LogP contribution in [0.1, 0.15) is 12.8 Å². The predicted octanol–water partition coefficient (Wildman–Crippen LogP) is 1.70. The van der Waals surface area contributed by atoms with Gasteiger partial charge in [-0.15, -0.1) is 0 Å². The van der Waals surface area contributed by atoms with Gasteiger partial charge >= 0.3 is 5.69 Å². The number of amides is 1. The van der Waals surface area contributed by atoms with Crippen LogP contribution in [0.4, 0.5) is 5.69 Å². The summed E-state index contributed by atoms with van der Waals surface area (Å²) in [5.74, 6) is 0.0935. The van der Waals surface area contributed by atoms with Crippen molar-refractivity contribution in [2.45, 2.75) is 17.7 Å². The topological polar surface area (TPSA) is 180 Å². The number of carbonyl (C=O) groups excluding carboxylic acids is 1. The standard InChI is InChI=1S/C30H32N6O7S/c31-16-4-7-26(37)33-44(41,42)25-14-10-22(11-15-25)34-17-19-35(20-18-34)36-29(39)27(28(38)32-30(36)40)21-8-12-24(13-9-21)43-23-5-2-1-3-6-23/h1-3,5-6,8-15,39H,4,7,16-20,31H2,(H,33,37)(H,32,38,40). The normalized spacial score (nSPS) is 13.5. The Morgan fingerprint density at radius 1 is 0.909 bits per heavy atom. The summed E-state index contributed by atoms with van der Waals surface area (Å²) in [6.45, 7) is 1.80. The summed E-state index contributed by atoms with van der Waals surface area (Å²) in [6, 6.07) is 21.9. The lowest BCUT2D eigenvalue weighted by molar-refractivity contribution is -0.119. The number of rotatable bonds is 10. The number of para-hydroxylation sites is 1. The second-order valence-corrected chi connectivity index (χ2v) is 11.7. The number of benzene rings is 3. The van der Waals surface area contributed by atoms with Crippen LogP contribution in [-0.2, 0) is 14.8 Å². The lowest BCUT2D eigenvalue weighted by Gasteiger charge is -2.37. The Morgan fingerprint density at radius 2 is 1.55 bits per heavy atom. The van der Waals surface area contributed by atoms with Gasteiger partial charge in [0.05, 0.1) is 18.0 Å². The molecule has 2 heterocycles. The molecule has 0 bridgehead atoms. The summed E-state index contributed by atoms with van der Waals surface area (Å²) in [4.78, 5) is 41.7. The van der Waals surface area contributed by atoms with Crippen molar-refractivity contribution >= 4 is 21.6 Å². The number of nitrogens with two attached hydrogens (primary N) is 1. The van der Waals surface area contributed by atoms with E-state index in [1.807, 2.05) is 40.0 Å². The van der Waals surface area contributed by atoms with Gasteiger partial charge in [0.1, 0.15) is 17.1 Å². The van der Waals surface area contributed by atoms with E-state index < -0.39 is 33.1 Å². The van der Waals surface area contributed by atoms with Crippen LogP contribution in [0.2, 0.25) is 0 Å². The smallest absolute Gasteiger partial charge is 0.350 e. The van der Waals surface area contributed by atoms with Crippen LogP contribution in [0.25, 0.3) is 11.1 Å². The number of anilines is 1. The molecule has 0 radical (unpaired) electrons. The molecule has 3 aromatic carbocycles. The minimum atomic E-state index is -4.01. The van der Waals surface area contributed by atoms with Gasteiger partial charge in [0.15, 0.2) is 0 Å². The first kappa shape index (κ1) is 30.4. The Hall–Kier alpha value is -5.08. The fraction of sp³-hybridized carbons (Fsp3) is 0.233. The lowest BCUT2D eigenvalue weighted by atomic mass is 10.1. The van der Waals surface area contributed by atoms with Crippen molar-refractivity contribution in [3.8, 4) is 28.5 Å². The van der Waals surface area contributed by atoms with Crippen molar-refractivity contribution in [3.05, 3.63) is 99.7 Å². The van der Waals surface area contributed by atoms with Gasteiger partial charge in [-0.2, -0.15) is 4.68 Å². The highest BCUT2D eigenvalue weighted by atomic mass is 32.2. The molecule has 0 atom stereocenters. The highest BCUT2D eigenvalue weighted by Crippen LogP contribution is 2.28. The number of hydrogen-bond acceptors (Lipinski definition) is 10. The maximum Gasteiger partial charge on any atom is 0.350 e. The number of nitrogens with zero attached hydrogens (tertiary/aromatic N) is 3. The summed E-state index contributed by atoms with van der Waals surface area (Å²) in [7, 11) is -4.01. The molecule has 1 fully saturated rings. The molecule has 230 valence electrons. The molecular formula is C30H32N6O7S. The van der Waals surface area contributed by atoms with Crippen LogP contribution in [0.5, 0.6) is 17.4 Å². The van der Waals surface area contributed by atoms with E-state index in [0.29, 0.717) is 49.7 Å². The van der Waals surface area contributed by atoms with Crippen molar-refractivity contribution < 1.29 is 23.1 Å². The fourth-order valence-electron chi connectivity index (χ4n) is 4.87. The van der Waals surface area contributed by atoms with Gasteiger partial charge in [-0.25, -0.2) is 17.9 Å². The number of aromatic amines is 1. The summed E-state index contributed by atoms with van der Waals surface area (Å²) in [6.07, 6.45) is 0.401. The monoisotopic (exact) mass is 620 g/mol. The van der Waals surface area contributed by atoms with E-state index in [9.17, 15) is 27.9 Å². The number of sulfonamides is 1. The van der Waals surface area contributed by atoms with Crippen LogP contribution in [0, 0.1) is 0 Å². The first-order chi connectivity index (χ1) is 21.2. The first-order valence-corrected chi connectivity index (χ1v) is 15.4. The third-order valence-electron chi connectivity index (χ3n) is 7.09. The molecule has 44 heavy (non-hydrogen) atoms. The maximum absolute atomic E-state index is 12.8. The van der Waals surface area contributed by atoms with E-state index in [1.54, 1.807) is 41.4 Å². The fourth-order valence-corrected chi connectivity index (χ4v) is 5.88. The summed E-state index contributed by atoms with van der Waals surface area (Å²) in [5, 5.41) is 12.8. The highest BCUT2D eigenvalue weighted by molar-refractivity contribution is 7.90. The average Bonchev–Trinajstić information content (AvgIpc) is 3.01. The van der Waals surface area contributed by atoms with Crippen LogP contribution in [-0.4, -0.2) is 61.8 Å². The number of nitrogens with one attached hydrogen (secondary N) is 2. The van der Waals surface area contributed by atoms with E-state index in [4.69, 9.17) is 10.5 Å². The molecular weight excluding hydrogens is 588 g/mol. The number of ether oxygens (including phenoxy) is 1. The molecule has 1 saturated heterocycles. The zero-order valence-corrected chi connectivity index (χ0v) is 24.5. The van der Waals surface area contributed by atoms with Gasteiger partial charge in [0, 0.05) is 25.2 Å². The highest BCUT2D eigenvalue weighted by Gasteiger charge is 2.25.